The van der Waals surface area contributed by atoms with E-state index in [1.54, 1.807) is 0 Å². The highest BCUT2D eigenvalue weighted by atomic mass is 35.5. The fourth-order valence-electron chi connectivity index (χ4n) is 3.75. The lowest BCUT2D eigenvalue weighted by molar-refractivity contribution is 0.623. The molecule has 0 atom stereocenters. The Morgan fingerprint density at radius 3 is 2.63 bits per heavy atom. The molecule has 0 spiro atoms. The maximum absolute atomic E-state index is 6.28. The van der Waals surface area contributed by atoms with Crippen LogP contribution in [0.4, 0.5) is 0 Å². The first-order chi connectivity index (χ1) is 13.3. The summed E-state index contributed by atoms with van der Waals surface area (Å²) in [5.41, 5.74) is 2.58. The molecule has 0 unspecified atom stereocenters. The Balaban J connectivity index is 1.77. The van der Waals surface area contributed by atoms with Crippen LogP contribution < -0.4 is 0 Å². The highest BCUT2D eigenvalue weighted by molar-refractivity contribution is 7.26. The average Bonchev–Trinajstić information content (AvgIpc) is 3.29. The maximum Gasteiger partial charge on any atom is 0.227 e. The summed E-state index contributed by atoms with van der Waals surface area (Å²) in [6, 6.07) is 24.6. The average molecular weight is 386 g/mol. The number of benzene rings is 4. The predicted octanol–water partition coefficient (Wildman–Crippen LogP) is 7.67. The number of nitrogens with zero attached hydrogens (tertiary/aromatic N) is 1. The molecule has 6 rings (SSSR count). The Hall–Kier alpha value is -2.88. The van der Waals surface area contributed by atoms with Gasteiger partial charge in [0.1, 0.15) is 5.52 Å². The fraction of sp³-hybridized carbons (Fsp3) is 0. The zero-order valence-corrected chi connectivity index (χ0v) is 15.6. The van der Waals surface area contributed by atoms with Crippen molar-refractivity contribution in [3.05, 3.63) is 77.8 Å². The minimum atomic E-state index is 0.594. The third-order valence-corrected chi connectivity index (χ3v) is 6.32. The molecule has 0 amide bonds. The summed E-state index contributed by atoms with van der Waals surface area (Å²) >= 11 is 7.96. The molecule has 0 fully saturated rings. The summed E-state index contributed by atoms with van der Waals surface area (Å²) < 4.78 is 8.83. The molecule has 0 aliphatic carbocycles. The van der Waals surface area contributed by atoms with Gasteiger partial charge >= 0.3 is 0 Å². The smallest absolute Gasteiger partial charge is 0.227 e. The molecular formula is C23H12ClNOS. The van der Waals surface area contributed by atoms with E-state index in [1.807, 2.05) is 41.7 Å². The van der Waals surface area contributed by atoms with Crippen molar-refractivity contribution in [3.8, 4) is 11.5 Å². The van der Waals surface area contributed by atoms with Crippen LogP contribution in [0, 0.1) is 0 Å². The van der Waals surface area contributed by atoms with Gasteiger partial charge in [-0.15, -0.1) is 11.3 Å². The zero-order chi connectivity index (χ0) is 18.0. The molecule has 0 aliphatic rings. The second kappa shape index (κ2) is 5.56. The topological polar surface area (TPSA) is 26.0 Å². The van der Waals surface area contributed by atoms with Crippen LogP contribution in [0.5, 0.6) is 0 Å². The molecule has 0 saturated heterocycles. The van der Waals surface area contributed by atoms with Gasteiger partial charge in [0.15, 0.2) is 5.58 Å². The molecule has 2 nitrogen and oxygen atoms in total. The number of aromatic nitrogens is 1. The van der Waals surface area contributed by atoms with E-state index in [-0.39, 0.29) is 0 Å². The summed E-state index contributed by atoms with van der Waals surface area (Å²) in [7, 11) is 0. The maximum atomic E-state index is 6.28. The second-order valence-corrected chi connectivity index (χ2v) is 8.10. The van der Waals surface area contributed by atoms with Crippen LogP contribution in [0.3, 0.4) is 0 Å². The van der Waals surface area contributed by atoms with Crippen molar-refractivity contribution >= 4 is 65.0 Å². The molecule has 2 aromatic heterocycles. The van der Waals surface area contributed by atoms with Gasteiger partial charge in [-0.1, -0.05) is 48.0 Å². The van der Waals surface area contributed by atoms with Gasteiger partial charge in [0.2, 0.25) is 5.89 Å². The van der Waals surface area contributed by atoms with E-state index in [0.29, 0.717) is 10.9 Å². The SMILES string of the molecule is Clc1cccc(-c2nc3ccc4ccc5sc6ccccc6c5c4c3o2)c1. The van der Waals surface area contributed by atoms with E-state index in [9.17, 15) is 0 Å². The molecule has 0 radical (unpaired) electrons. The monoisotopic (exact) mass is 385 g/mol. The summed E-state index contributed by atoms with van der Waals surface area (Å²) in [6.45, 7) is 0. The van der Waals surface area contributed by atoms with Gasteiger partial charge in [0.25, 0.3) is 0 Å². The number of rotatable bonds is 1. The van der Waals surface area contributed by atoms with Crippen LogP contribution in [0.2, 0.25) is 5.02 Å². The summed E-state index contributed by atoms with van der Waals surface area (Å²) in [4.78, 5) is 4.72. The Bertz CT molecular complexity index is 1490. The summed E-state index contributed by atoms with van der Waals surface area (Å²) in [5, 5.41) is 5.46. The van der Waals surface area contributed by atoms with Crippen LogP contribution in [-0.2, 0) is 0 Å². The Labute approximate surface area is 163 Å². The van der Waals surface area contributed by atoms with Crippen LogP contribution >= 0.6 is 22.9 Å². The minimum absolute atomic E-state index is 0.594. The van der Waals surface area contributed by atoms with E-state index in [1.165, 1.54) is 20.2 Å². The standard InChI is InChI=1S/C23H12ClNOS/c24-15-5-3-4-14(12-15)23-25-17-10-8-13-9-11-19-21(20(13)22(17)26-23)16-6-1-2-7-18(16)27-19/h1-12H. The molecule has 0 aliphatic heterocycles. The van der Waals surface area contributed by atoms with Crippen LogP contribution in [0.25, 0.3) is 53.5 Å². The second-order valence-electron chi connectivity index (χ2n) is 6.58. The van der Waals surface area contributed by atoms with Crippen molar-refractivity contribution in [2.45, 2.75) is 0 Å². The van der Waals surface area contributed by atoms with E-state index in [4.69, 9.17) is 21.0 Å². The van der Waals surface area contributed by atoms with Gasteiger partial charge in [-0.2, -0.15) is 0 Å². The van der Waals surface area contributed by atoms with Crippen molar-refractivity contribution in [1.29, 1.82) is 0 Å². The lowest BCUT2D eigenvalue weighted by Gasteiger charge is -2.01. The van der Waals surface area contributed by atoms with E-state index < -0.39 is 0 Å². The molecular weight excluding hydrogens is 374 g/mol. The van der Waals surface area contributed by atoms with Crippen molar-refractivity contribution in [2.24, 2.45) is 0 Å². The number of oxazole rings is 1. The summed E-state index contributed by atoms with van der Waals surface area (Å²) in [6.07, 6.45) is 0. The molecule has 128 valence electrons. The van der Waals surface area contributed by atoms with Gasteiger partial charge in [-0.05, 0) is 41.8 Å². The fourth-order valence-corrected chi connectivity index (χ4v) is 5.06. The summed E-state index contributed by atoms with van der Waals surface area (Å²) in [5.74, 6) is 0.594. The normalized spacial score (nSPS) is 11.9. The zero-order valence-electron chi connectivity index (χ0n) is 14.1. The lowest BCUT2D eigenvalue weighted by Crippen LogP contribution is -1.77. The van der Waals surface area contributed by atoms with E-state index in [2.05, 4.69) is 42.5 Å². The number of fused-ring (bicyclic) bond motifs is 7. The number of hydrogen-bond acceptors (Lipinski definition) is 3. The molecule has 0 saturated carbocycles. The Morgan fingerprint density at radius 2 is 1.70 bits per heavy atom. The van der Waals surface area contributed by atoms with Gasteiger partial charge in [0, 0.05) is 36.1 Å². The molecule has 0 N–H and O–H groups in total. The molecule has 4 aromatic carbocycles. The third kappa shape index (κ3) is 2.22. The van der Waals surface area contributed by atoms with Crippen molar-refractivity contribution in [1.82, 2.24) is 4.98 Å². The Kier molecular flexibility index (Phi) is 3.13. The molecule has 27 heavy (non-hydrogen) atoms. The van der Waals surface area contributed by atoms with Gasteiger partial charge < -0.3 is 4.42 Å². The largest absolute Gasteiger partial charge is 0.435 e. The highest BCUT2D eigenvalue weighted by Crippen LogP contribution is 2.41. The third-order valence-electron chi connectivity index (χ3n) is 4.95. The first-order valence-corrected chi connectivity index (χ1v) is 9.87. The van der Waals surface area contributed by atoms with Gasteiger partial charge in [-0.25, -0.2) is 4.98 Å². The minimum Gasteiger partial charge on any atom is -0.435 e. The van der Waals surface area contributed by atoms with Crippen LogP contribution in [0.1, 0.15) is 0 Å². The number of thiophene rings is 1. The Morgan fingerprint density at radius 1 is 0.815 bits per heavy atom. The van der Waals surface area contributed by atoms with Crippen LogP contribution in [0.15, 0.2) is 77.2 Å². The number of halogens is 1. The van der Waals surface area contributed by atoms with E-state index in [0.717, 1.165) is 27.4 Å². The van der Waals surface area contributed by atoms with Crippen LogP contribution in [-0.4, -0.2) is 4.98 Å². The van der Waals surface area contributed by atoms with E-state index >= 15 is 0 Å². The highest BCUT2D eigenvalue weighted by Gasteiger charge is 2.16. The van der Waals surface area contributed by atoms with Gasteiger partial charge in [-0.3, -0.25) is 0 Å². The number of hydrogen-bond donors (Lipinski definition) is 0. The lowest BCUT2D eigenvalue weighted by atomic mass is 10.0. The predicted molar refractivity (Wildman–Crippen MR) is 115 cm³/mol. The molecule has 4 heteroatoms. The van der Waals surface area contributed by atoms with Gasteiger partial charge in [0.05, 0.1) is 0 Å². The first kappa shape index (κ1) is 15.2. The first-order valence-electron chi connectivity index (χ1n) is 8.67. The molecule has 6 aromatic rings. The van der Waals surface area contributed by atoms with Crippen molar-refractivity contribution < 1.29 is 4.42 Å². The quantitative estimate of drug-likeness (QED) is 0.290. The van der Waals surface area contributed by atoms with Crippen molar-refractivity contribution in [3.63, 3.8) is 0 Å². The molecule has 0 bridgehead atoms. The van der Waals surface area contributed by atoms with Crippen molar-refractivity contribution in [2.75, 3.05) is 0 Å². The molecule has 2 heterocycles.